The highest BCUT2D eigenvalue weighted by molar-refractivity contribution is 7.72. The van der Waals surface area contributed by atoms with Crippen LogP contribution in [0.2, 0.25) is 5.02 Å². The normalized spacial score (nSPS) is 18.5. The molecule has 15 nitrogen and oxygen atoms in total. The highest BCUT2D eigenvalue weighted by atomic mass is 35.5. The Kier molecular flexibility index (Phi) is 7.41. The molecule has 0 spiro atoms. The summed E-state index contributed by atoms with van der Waals surface area (Å²) < 4.78 is 45.6. The lowest BCUT2D eigenvalue weighted by molar-refractivity contribution is 0.0694. The molecule has 1 atom stereocenters. The van der Waals surface area contributed by atoms with Crippen molar-refractivity contribution in [2.45, 2.75) is 43.4 Å². The van der Waals surface area contributed by atoms with Crippen LogP contribution in [-0.2, 0) is 13.9 Å². The van der Waals surface area contributed by atoms with Crippen LogP contribution in [0.25, 0.3) is 10.9 Å². The number of halogens is 2. The van der Waals surface area contributed by atoms with Crippen molar-refractivity contribution in [2.24, 2.45) is 5.73 Å². The van der Waals surface area contributed by atoms with E-state index in [1.165, 1.54) is 9.47 Å². The standard InChI is InChI=1S/C20H24ClFN4O11P2/c1-20(38(31,32)33,39(34,35)36)37-19(30)24-14-11-15(12(21)16(13(14)22)25-5-4-8(23)6-25)26(9-2-3-9)7-10(17(11)27)18(28)29/h7-9H,2-6,23H2,1H3,(H,24,30)(H,28,29)(H2,31,32,33)(H2,34,35,36). The van der Waals surface area contributed by atoms with Gasteiger partial charge in [0.2, 0.25) is 5.43 Å². The van der Waals surface area contributed by atoms with Gasteiger partial charge in [-0.1, -0.05) is 11.6 Å². The largest absolute Gasteiger partial charge is 0.477 e. The van der Waals surface area contributed by atoms with Gasteiger partial charge in [-0.2, -0.15) is 0 Å². The van der Waals surface area contributed by atoms with Crippen LogP contribution in [0.3, 0.4) is 0 Å². The number of carboxylic acid groups (broad SMARTS) is 1. The summed E-state index contributed by atoms with van der Waals surface area (Å²) in [6.07, 6.45) is 0.683. The summed E-state index contributed by atoms with van der Waals surface area (Å²) in [5.74, 6) is -2.99. The third-order valence-corrected chi connectivity index (χ3v) is 10.9. The maximum absolute atomic E-state index is 16.1. The summed E-state index contributed by atoms with van der Waals surface area (Å²) >= 11 is 6.61. The zero-order chi connectivity index (χ0) is 29.2. The maximum Gasteiger partial charge on any atom is 0.413 e. The third-order valence-electron chi connectivity index (χ3n) is 6.63. The molecule has 1 unspecified atom stereocenters. The number of hydrogen-bond donors (Lipinski definition) is 7. The molecule has 19 heteroatoms. The molecule has 0 bridgehead atoms. The van der Waals surface area contributed by atoms with Gasteiger partial charge >= 0.3 is 32.3 Å². The number of benzene rings is 1. The fourth-order valence-corrected chi connectivity index (χ4v) is 6.45. The van der Waals surface area contributed by atoms with Crippen LogP contribution in [0.5, 0.6) is 0 Å². The number of amides is 1. The molecule has 0 radical (unpaired) electrons. The summed E-state index contributed by atoms with van der Waals surface area (Å²) in [5, 5.41) is 6.77. The number of ether oxygens (including phenoxy) is 1. The van der Waals surface area contributed by atoms with Gasteiger partial charge in [0.05, 0.1) is 27.3 Å². The van der Waals surface area contributed by atoms with Gasteiger partial charge < -0.3 is 44.6 Å². The molecule has 214 valence electrons. The molecule has 1 aliphatic carbocycles. The molecule has 1 saturated heterocycles. The van der Waals surface area contributed by atoms with Crippen LogP contribution in [0, 0.1) is 5.82 Å². The lowest BCUT2D eigenvalue weighted by Crippen LogP contribution is -2.34. The van der Waals surface area contributed by atoms with Crippen molar-refractivity contribution in [1.29, 1.82) is 0 Å². The van der Waals surface area contributed by atoms with Crippen molar-refractivity contribution in [2.75, 3.05) is 23.3 Å². The Bertz CT molecular complexity index is 1530. The molecule has 4 rings (SSSR count). The fraction of sp³-hybridized carbons (Fsp3) is 0.450. The number of carbonyl (C=O) groups excluding carboxylic acids is 1. The van der Waals surface area contributed by atoms with E-state index in [-0.39, 0.29) is 48.3 Å². The Hall–Kier alpha value is -2.55. The molecule has 1 amide bonds. The number of carbonyl (C=O) groups is 2. The molecule has 1 aromatic heterocycles. The van der Waals surface area contributed by atoms with E-state index in [0.717, 1.165) is 6.20 Å². The molecule has 8 N–H and O–H groups in total. The first-order valence-corrected chi connectivity index (χ1v) is 14.9. The van der Waals surface area contributed by atoms with Gasteiger partial charge in [0.15, 0.2) is 5.82 Å². The van der Waals surface area contributed by atoms with Crippen LogP contribution < -0.4 is 21.4 Å². The number of hydrogen-bond acceptors (Lipinski definition) is 8. The van der Waals surface area contributed by atoms with Gasteiger partial charge in [-0.15, -0.1) is 0 Å². The van der Waals surface area contributed by atoms with E-state index in [0.29, 0.717) is 19.3 Å². The van der Waals surface area contributed by atoms with Crippen molar-refractivity contribution in [3.05, 3.63) is 32.8 Å². The van der Waals surface area contributed by atoms with E-state index < -0.39 is 60.2 Å². The number of nitrogens with zero attached hydrogens (tertiary/aromatic N) is 2. The first-order valence-electron chi connectivity index (χ1n) is 11.3. The number of nitrogens with one attached hydrogen (secondary N) is 1. The van der Waals surface area contributed by atoms with E-state index in [1.54, 1.807) is 5.32 Å². The smallest absolute Gasteiger partial charge is 0.413 e. The quantitative estimate of drug-likeness (QED) is 0.221. The first kappa shape index (κ1) is 29.4. The zero-order valence-electron chi connectivity index (χ0n) is 20.1. The molecule has 1 aliphatic heterocycles. The van der Waals surface area contributed by atoms with E-state index in [1.807, 2.05) is 0 Å². The average Bonchev–Trinajstić information content (AvgIpc) is 3.55. The second-order valence-corrected chi connectivity index (χ2v) is 14.0. The van der Waals surface area contributed by atoms with Crippen molar-refractivity contribution in [1.82, 2.24) is 4.57 Å². The molecule has 2 heterocycles. The highest BCUT2D eigenvalue weighted by Crippen LogP contribution is 2.69. The number of aromatic nitrogens is 1. The lowest BCUT2D eigenvalue weighted by atomic mass is 10.1. The maximum atomic E-state index is 16.1. The zero-order valence-corrected chi connectivity index (χ0v) is 22.6. The van der Waals surface area contributed by atoms with Gasteiger partial charge in [0.25, 0.3) is 0 Å². The predicted octanol–water partition coefficient (Wildman–Crippen LogP) is 1.94. The van der Waals surface area contributed by atoms with Crippen molar-refractivity contribution in [3.8, 4) is 0 Å². The Morgan fingerprint density at radius 1 is 1.21 bits per heavy atom. The van der Waals surface area contributed by atoms with Crippen LogP contribution >= 0.6 is 26.8 Å². The second-order valence-electron chi connectivity index (χ2n) is 9.42. The van der Waals surface area contributed by atoms with Crippen LogP contribution in [0.4, 0.5) is 20.6 Å². The number of carboxylic acids is 1. The van der Waals surface area contributed by atoms with Gasteiger partial charge in [0.1, 0.15) is 5.56 Å². The number of nitrogens with two attached hydrogens (primary N) is 1. The Morgan fingerprint density at radius 2 is 1.79 bits per heavy atom. The highest BCUT2D eigenvalue weighted by Gasteiger charge is 2.60. The van der Waals surface area contributed by atoms with E-state index in [2.05, 4.69) is 4.74 Å². The summed E-state index contributed by atoms with van der Waals surface area (Å²) in [6.45, 7) is 0.633. The molecular formula is C20H24ClFN4O11P2. The van der Waals surface area contributed by atoms with Crippen molar-refractivity contribution in [3.63, 3.8) is 0 Å². The average molecular weight is 613 g/mol. The Labute approximate surface area is 223 Å². The Morgan fingerprint density at radius 3 is 2.26 bits per heavy atom. The monoisotopic (exact) mass is 612 g/mol. The SMILES string of the molecule is CC(OC(=O)Nc1c(F)c(N2CCC(N)C2)c(Cl)c2c1c(=O)c(C(=O)O)cn2C1CC1)(P(=O)(O)O)P(=O)(O)O. The summed E-state index contributed by atoms with van der Waals surface area (Å²) in [4.78, 5) is 77.3. The van der Waals surface area contributed by atoms with Crippen LogP contribution in [0.15, 0.2) is 11.0 Å². The number of aromatic carboxylic acids is 1. The number of rotatable bonds is 7. The molecular weight excluding hydrogens is 589 g/mol. The second kappa shape index (κ2) is 9.82. The minimum absolute atomic E-state index is 0.126. The molecule has 39 heavy (non-hydrogen) atoms. The van der Waals surface area contributed by atoms with E-state index >= 15 is 4.39 Å². The molecule has 1 saturated carbocycles. The van der Waals surface area contributed by atoms with Crippen LogP contribution in [-0.4, -0.2) is 65.5 Å². The number of pyridine rings is 1. The topological polar surface area (TPSA) is 242 Å². The summed E-state index contributed by atoms with van der Waals surface area (Å²) in [7, 11) is -11.7. The number of fused-ring (bicyclic) bond motifs is 1. The van der Waals surface area contributed by atoms with Crippen LogP contribution in [0.1, 0.15) is 42.6 Å². The first-order chi connectivity index (χ1) is 17.9. The molecule has 2 aliphatic rings. The number of anilines is 2. The van der Waals surface area contributed by atoms with E-state index in [4.69, 9.17) is 17.3 Å². The van der Waals surface area contributed by atoms with Gasteiger partial charge in [-0.25, -0.2) is 14.0 Å². The minimum atomic E-state index is -5.84. The van der Waals surface area contributed by atoms with Gasteiger partial charge in [0, 0.05) is 31.4 Å². The van der Waals surface area contributed by atoms with E-state index in [9.17, 15) is 48.2 Å². The minimum Gasteiger partial charge on any atom is -0.477 e. The van der Waals surface area contributed by atoms with Gasteiger partial charge in [-0.3, -0.25) is 19.2 Å². The molecule has 2 aromatic rings. The lowest BCUT2D eigenvalue weighted by Gasteiger charge is -2.30. The van der Waals surface area contributed by atoms with Crippen molar-refractivity contribution >= 4 is 61.1 Å². The predicted molar refractivity (Wildman–Crippen MR) is 136 cm³/mol. The Balaban J connectivity index is 1.99. The third kappa shape index (κ3) is 5.07. The van der Waals surface area contributed by atoms with Gasteiger partial charge in [-0.05, 0) is 26.2 Å². The summed E-state index contributed by atoms with van der Waals surface area (Å²) in [6, 6.07) is -0.681. The summed E-state index contributed by atoms with van der Waals surface area (Å²) in [5.41, 5.74) is 2.53. The fourth-order valence-electron chi connectivity index (χ4n) is 4.30. The molecule has 2 fully saturated rings. The molecule has 1 aromatic carbocycles. The van der Waals surface area contributed by atoms with Crippen molar-refractivity contribution < 1.29 is 52.5 Å².